The molecule has 1 saturated heterocycles. The minimum atomic E-state index is -0.708. The molecule has 0 unspecified atom stereocenters. The summed E-state index contributed by atoms with van der Waals surface area (Å²) < 4.78 is 16.7. The van der Waals surface area contributed by atoms with E-state index < -0.39 is 17.6 Å². The third-order valence-electron chi connectivity index (χ3n) is 3.90. The molecule has 5 nitrogen and oxygen atoms in total. The van der Waals surface area contributed by atoms with Crippen LogP contribution in [0.4, 0.5) is 0 Å². The maximum Gasteiger partial charge on any atom is 0.231 e. The van der Waals surface area contributed by atoms with Gasteiger partial charge in [-0.05, 0) is 45.4 Å². The second-order valence-corrected chi connectivity index (χ2v) is 6.53. The fourth-order valence-corrected chi connectivity index (χ4v) is 3.20. The Kier molecular flexibility index (Phi) is 4.49. The Hall–Kier alpha value is -1.59. The van der Waals surface area contributed by atoms with Crippen molar-refractivity contribution in [3.63, 3.8) is 0 Å². The van der Waals surface area contributed by atoms with Crippen molar-refractivity contribution in [3.8, 4) is 5.75 Å². The molecule has 0 saturated carbocycles. The molecule has 2 rings (SSSR count). The number of ether oxygens (including phenoxy) is 3. The van der Waals surface area contributed by atoms with Crippen LogP contribution in [0.2, 0.25) is 0 Å². The number of nitrogens with zero attached hydrogens (tertiary/aromatic N) is 1. The summed E-state index contributed by atoms with van der Waals surface area (Å²) in [5, 5.41) is 0. The van der Waals surface area contributed by atoms with Crippen LogP contribution < -0.4 is 4.74 Å². The molecule has 0 aliphatic carbocycles. The van der Waals surface area contributed by atoms with Crippen LogP contribution in [-0.4, -0.2) is 42.6 Å². The van der Waals surface area contributed by atoms with E-state index in [1.807, 2.05) is 52.0 Å². The maximum atomic E-state index is 12.8. The molecule has 22 heavy (non-hydrogen) atoms. The first kappa shape index (κ1) is 16.8. The third-order valence-corrected chi connectivity index (χ3v) is 3.90. The zero-order valence-corrected chi connectivity index (χ0v) is 14.2. The van der Waals surface area contributed by atoms with Gasteiger partial charge in [0.25, 0.3) is 0 Å². The van der Waals surface area contributed by atoms with Crippen LogP contribution in [0, 0.1) is 0 Å². The van der Waals surface area contributed by atoms with Gasteiger partial charge in [0, 0.05) is 7.11 Å². The van der Waals surface area contributed by atoms with E-state index in [1.54, 1.807) is 19.1 Å². The van der Waals surface area contributed by atoms with E-state index in [2.05, 4.69) is 0 Å². The van der Waals surface area contributed by atoms with Gasteiger partial charge in [-0.3, -0.25) is 9.69 Å². The number of benzene rings is 1. The first-order valence-electron chi connectivity index (χ1n) is 7.39. The van der Waals surface area contributed by atoms with Crippen molar-refractivity contribution in [1.82, 2.24) is 4.90 Å². The quantitative estimate of drug-likeness (QED) is 0.858. The lowest BCUT2D eigenvalue weighted by Gasteiger charge is -2.33. The predicted octanol–water partition coefficient (Wildman–Crippen LogP) is 2.58. The summed E-state index contributed by atoms with van der Waals surface area (Å²) in [6, 6.07) is 7.52. The van der Waals surface area contributed by atoms with E-state index in [9.17, 15) is 4.79 Å². The lowest BCUT2D eigenvalue weighted by Crippen LogP contribution is -2.50. The van der Waals surface area contributed by atoms with Crippen LogP contribution >= 0.6 is 0 Å². The van der Waals surface area contributed by atoms with Crippen LogP contribution in [0.15, 0.2) is 24.3 Å². The molecular formula is C17H25NO4. The Bertz CT molecular complexity index is 553. The van der Waals surface area contributed by atoms with Crippen LogP contribution in [-0.2, 0) is 20.7 Å². The molecule has 1 atom stereocenters. The number of amides is 1. The second-order valence-electron chi connectivity index (χ2n) is 6.53. The van der Waals surface area contributed by atoms with Gasteiger partial charge >= 0.3 is 0 Å². The number of hydrogen-bond donors (Lipinski definition) is 0. The van der Waals surface area contributed by atoms with E-state index in [0.29, 0.717) is 0 Å². The van der Waals surface area contributed by atoms with E-state index in [0.717, 1.165) is 11.3 Å². The molecule has 0 N–H and O–H groups in total. The molecule has 0 spiro atoms. The Morgan fingerprint density at radius 3 is 2.55 bits per heavy atom. The van der Waals surface area contributed by atoms with Gasteiger partial charge in [-0.1, -0.05) is 12.1 Å². The highest BCUT2D eigenvalue weighted by atomic mass is 16.6. The minimum absolute atomic E-state index is 0.0318. The molecule has 1 heterocycles. The molecule has 1 aromatic carbocycles. The number of carbonyl (C=O) groups is 1. The van der Waals surface area contributed by atoms with Crippen LogP contribution in [0.25, 0.3) is 0 Å². The number of methoxy groups -OCH3 is 2. The maximum absolute atomic E-state index is 12.8. The topological polar surface area (TPSA) is 48.0 Å². The zero-order valence-electron chi connectivity index (χ0n) is 14.2. The molecule has 0 radical (unpaired) electrons. The molecule has 1 aromatic rings. The Labute approximate surface area is 132 Å². The van der Waals surface area contributed by atoms with E-state index in [-0.39, 0.29) is 12.3 Å². The molecule has 122 valence electrons. The molecule has 0 bridgehead atoms. The lowest BCUT2D eigenvalue weighted by molar-refractivity contribution is -0.153. The smallest absolute Gasteiger partial charge is 0.231 e. The molecule has 5 heteroatoms. The minimum Gasteiger partial charge on any atom is -0.497 e. The van der Waals surface area contributed by atoms with Crippen molar-refractivity contribution in [1.29, 1.82) is 0 Å². The number of rotatable bonds is 4. The normalized spacial score (nSPS) is 22.6. The van der Waals surface area contributed by atoms with Gasteiger partial charge in [0.2, 0.25) is 5.91 Å². The summed E-state index contributed by atoms with van der Waals surface area (Å²) in [6.07, 6.45) is -0.138. The molecular weight excluding hydrogens is 282 g/mol. The van der Waals surface area contributed by atoms with Gasteiger partial charge in [0.15, 0.2) is 6.23 Å². The Morgan fingerprint density at radius 1 is 1.27 bits per heavy atom. The van der Waals surface area contributed by atoms with Crippen LogP contribution in [0.1, 0.15) is 33.3 Å². The van der Waals surface area contributed by atoms with Gasteiger partial charge in [-0.15, -0.1) is 0 Å². The largest absolute Gasteiger partial charge is 0.497 e. The highest BCUT2D eigenvalue weighted by Crippen LogP contribution is 2.39. The van der Waals surface area contributed by atoms with Crippen molar-refractivity contribution in [2.75, 3.05) is 14.2 Å². The standard InChI is InChI=1S/C17H25NO4/c1-16(2)15(21-6)18(17(3,4)22-16)14(19)11-12-8-7-9-13(10-12)20-5/h7-10,15H,11H2,1-6H3/t15-/m1/s1. The highest BCUT2D eigenvalue weighted by Gasteiger charge is 2.54. The average Bonchev–Trinajstić information content (AvgIpc) is 2.62. The number of carbonyl (C=O) groups excluding carboxylic acids is 1. The third kappa shape index (κ3) is 3.10. The Balaban J connectivity index is 2.23. The van der Waals surface area contributed by atoms with E-state index >= 15 is 0 Å². The van der Waals surface area contributed by atoms with Crippen LogP contribution in [0.5, 0.6) is 5.75 Å². The van der Waals surface area contributed by atoms with E-state index in [1.165, 1.54) is 0 Å². The number of hydrogen-bond acceptors (Lipinski definition) is 4. The average molecular weight is 307 g/mol. The fourth-order valence-electron chi connectivity index (χ4n) is 3.20. The summed E-state index contributed by atoms with van der Waals surface area (Å²) in [4.78, 5) is 14.5. The van der Waals surface area contributed by atoms with Crippen molar-refractivity contribution in [3.05, 3.63) is 29.8 Å². The first-order chi connectivity index (χ1) is 10.2. The summed E-state index contributed by atoms with van der Waals surface area (Å²) in [5.74, 6) is 0.710. The van der Waals surface area contributed by atoms with Gasteiger partial charge in [-0.2, -0.15) is 0 Å². The van der Waals surface area contributed by atoms with E-state index in [4.69, 9.17) is 14.2 Å². The van der Waals surface area contributed by atoms with Crippen molar-refractivity contribution in [2.45, 2.75) is 51.7 Å². The molecule has 1 fully saturated rings. The SMILES string of the molecule is COc1cccc(CC(=O)N2[C@H](OC)C(C)(C)OC2(C)C)c1. The molecule has 0 aromatic heterocycles. The predicted molar refractivity (Wildman–Crippen MR) is 83.6 cm³/mol. The fraction of sp³-hybridized carbons (Fsp3) is 0.588. The summed E-state index contributed by atoms with van der Waals surface area (Å²) in [6.45, 7) is 7.64. The highest BCUT2D eigenvalue weighted by molar-refractivity contribution is 5.80. The summed E-state index contributed by atoms with van der Waals surface area (Å²) in [7, 11) is 3.21. The summed E-state index contributed by atoms with van der Waals surface area (Å²) >= 11 is 0. The van der Waals surface area contributed by atoms with Crippen molar-refractivity contribution in [2.24, 2.45) is 0 Å². The summed E-state index contributed by atoms with van der Waals surface area (Å²) in [5.41, 5.74) is -0.359. The molecule has 1 aliphatic heterocycles. The van der Waals surface area contributed by atoms with Gasteiger partial charge in [0.1, 0.15) is 17.1 Å². The Morgan fingerprint density at radius 2 is 1.95 bits per heavy atom. The van der Waals surface area contributed by atoms with Gasteiger partial charge < -0.3 is 14.2 Å². The van der Waals surface area contributed by atoms with Crippen LogP contribution in [0.3, 0.4) is 0 Å². The first-order valence-corrected chi connectivity index (χ1v) is 7.39. The van der Waals surface area contributed by atoms with Crippen molar-refractivity contribution >= 4 is 5.91 Å². The second kappa shape index (κ2) is 5.89. The monoisotopic (exact) mass is 307 g/mol. The van der Waals surface area contributed by atoms with Gasteiger partial charge in [0.05, 0.1) is 13.5 Å². The molecule has 1 amide bonds. The van der Waals surface area contributed by atoms with Gasteiger partial charge in [-0.25, -0.2) is 0 Å². The molecule has 1 aliphatic rings. The zero-order chi connectivity index (χ0) is 16.5. The lowest BCUT2D eigenvalue weighted by atomic mass is 10.1. The van der Waals surface area contributed by atoms with Crippen molar-refractivity contribution < 1.29 is 19.0 Å².